The number of rotatable bonds is 5. The summed E-state index contributed by atoms with van der Waals surface area (Å²) in [6.45, 7) is 0.197. The van der Waals surface area contributed by atoms with Crippen molar-refractivity contribution >= 4 is 34.2 Å². The van der Waals surface area contributed by atoms with Gasteiger partial charge in [-0.15, -0.1) is 12.4 Å². The maximum atomic E-state index is 13.8. The summed E-state index contributed by atoms with van der Waals surface area (Å²) in [6.07, 6.45) is 3.43. The number of aryl methyl sites for hydroxylation is 1. The highest BCUT2D eigenvalue weighted by Crippen LogP contribution is 2.19. The molecule has 1 heterocycles. The van der Waals surface area contributed by atoms with Gasteiger partial charge < -0.3 is 10.2 Å². The first-order chi connectivity index (χ1) is 10.4. The Morgan fingerprint density at radius 3 is 2.78 bits per heavy atom. The Hall–Kier alpha value is -1.44. The third-order valence-electron chi connectivity index (χ3n) is 3.39. The van der Waals surface area contributed by atoms with E-state index in [0.717, 1.165) is 10.0 Å². The molecule has 23 heavy (non-hydrogen) atoms. The quantitative estimate of drug-likeness (QED) is 0.832. The monoisotopic (exact) mass is 404 g/mol. The van der Waals surface area contributed by atoms with Crippen LogP contribution >= 0.6 is 28.3 Å². The van der Waals surface area contributed by atoms with E-state index in [9.17, 15) is 9.18 Å². The molecule has 8 heteroatoms. The summed E-state index contributed by atoms with van der Waals surface area (Å²) < 4.78 is 16.2. The summed E-state index contributed by atoms with van der Waals surface area (Å²) in [5.74, 6) is -0.472. The molecule has 1 atom stereocenters. The molecule has 0 aliphatic carbocycles. The first-order valence-electron chi connectivity index (χ1n) is 6.77. The third kappa shape index (κ3) is 4.76. The minimum atomic E-state index is -0.506. The molecule has 1 N–H and O–H groups in total. The van der Waals surface area contributed by atoms with Gasteiger partial charge in [0.25, 0.3) is 0 Å². The van der Waals surface area contributed by atoms with Crippen LogP contribution in [0.25, 0.3) is 0 Å². The number of benzene rings is 1. The van der Waals surface area contributed by atoms with Gasteiger partial charge in [-0.2, -0.15) is 5.10 Å². The molecule has 1 unspecified atom stereocenters. The predicted octanol–water partition coefficient (Wildman–Crippen LogP) is 2.66. The average Bonchev–Trinajstić information content (AvgIpc) is 2.90. The van der Waals surface area contributed by atoms with Crippen LogP contribution in [0.4, 0.5) is 4.39 Å². The molecule has 2 aromatic rings. The first-order valence-corrected chi connectivity index (χ1v) is 7.56. The number of likely N-dealkylation sites (N-methyl/N-ethyl adjacent to an activating group) is 2. The Balaban J connectivity index is 0.00000264. The van der Waals surface area contributed by atoms with Gasteiger partial charge in [-0.1, -0.05) is 15.9 Å². The van der Waals surface area contributed by atoms with E-state index in [1.165, 1.54) is 11.0 Å². The first kappa shape index (κ1) is 19.6. The molecule has 0 radical (unpaired) electrons. The summed E-state index contributed by atoms with van der Waals surface area (Å²) in [6, 6.07) is 4.19. The van der Waals surface area contributed by atoms with Crippen molar-refractivity contribution in [2.45, 2.75) is 12.6 Å². The second-order valence-electron chi connectivity index (χ2n) is 5.10. The fraction of sp³-hybridized carbons (Fsp3) is 0.333. The van der Waals surface area contributed by atoms with E-state index in [2.05, 4.69) is 26.3 Å². The van der Waals surface area contributed by atoms with Crippen molar-refractivity contribution in [3.8, 4) is 0 Å². The van der Waals surface area contributed by atoms with E-state index < -0.39 is 6.04 Å². The molecule has 0 aliphatic heterocycles. The molecule has 5 nitrogen and oxygen atoms in total. The molecule has 0 aliphatic rings. The summed E-state index contributed by atoms with van der Waals surface area (Å²) in [5.41, 5.74) is 1.24. The van der Waals surface area contributed by atoms with Gasteiger partial charge in [-0.05, 0) is 25.2 Å². The Morgan fingerprint density at radius 2 is 2.22 bits per heavy atom. The van der Waals surface area contributed by atoms with Crippen LogP contribution < -0.4 is 5.32 Å². The van der Waals surface area contributed by atoms with E-state index in [-0.39, 0.29) is 30.7 Å². The second-order valence-corrected chi connectivity index (χ2v) is 6.01. The molecular weight excluding hydrogens is 387 g/mol. The molecule has 0 bridgehead atoms. The second kappa shape index (κ2) is 8.42. The van der Waals surface area contributed by atoms with Crippen LogP contribution in [0.5, 0.6) is 0 Å². The Bertz CT molecular complexity index is 679. The summed E-state index contributed by atoms with van der Waals surface area (Å²) in [4.78, 5) is 14.1. The highest BCUT2D eigenvalue weighted by Gasteiger charge is 2.24. The topological polar surface area (TPSA) is 50.2 Å². The number of halogens is 3. The lowest BCUT2D eigenvalue weighted by Gasteiger charge is -2.23. The fourth-order valence-electron chi connectivity index (χ4n) is 2.24. The lowest BCUT2D eigenvalue weighted by molar-refractivity contribution is -0.132. The molecular formula is C15H19BrClFN4O. The largest absolute Gasteiger partial charge is 0.340 e. The van der Waals surface area contributed by atoms with Crippen LogP contribution in [0.2, 0.25) is 0 Å². The standard InChI is InChI=1S/C15H18BrFN4O.ClH/c1-18-14(11-7-19-21(3)9-11)15(22)20(2)8-10-6-12(16)4-5-13(10)17;/h4-7,9,14,18H,8H2,1-3H3;1H. The van der Waals surface area contributed by atoms with Crippen molar-refractivity contribution in [1.82, 2.24) is 20.0 Å². The Kier molecular flexibility index (Phi) is 7.18. The minimum Gasteiger partial charge on any atom is -0.340 e. The van der Waals surface area contributed by atoms with Crippen LogP contribution in [0.1, 0.15) is 17.2 Å². The maximum Gasteiger partial charge on any atom is 0.244 e. The van der Waals surface area contributed by atoms with Gasteiger partial charge in [0.2, 0.25) is 5.91 Å². The number of nitrogens with zero attached hydrogens (tertiary/aromatic N) is 3. The lowest BCUT2D eigenvalue weighted by Crippen LogP contribution is -2.37. The van der Waals surface area contributed by atoms with E-state index in [1.54, 1.807) is 50.4 Å². The Morgan fingerprint density at radius 1 is 1.52 bits per heavy atom. The summed E-state index contributed by atoms with van der Waals surface area (Å²) >= 11 is 3.31. The zero-order valence-electron chi connectivity index (χ0n) is 13.1. The Labute approximate surface area is 149 Å². The smallest absolute Gasteiger partial charge is 0.244 e. The highest BCUT2D eigenvalue weighted by atomic mass is 79.9. The SMILES string of the molecule is CNC(C(=O)N(C)Cc1cc(Br)ccc1F)c1cnn(C)c1.Cl. The summed E-state index contributed by atoms with van der Waals surface area (Å²) in [5, 5.41) is 7.05. The molecule has 126 valence electrons. The van der Waals surface area contributed by atoms with Crippen molar-refractivity contribution in [3.63, 3.8) is 0 Å². The number of aromatic nitrogens is 2. The van der Waals surface area contributed by atoms with Crippen LogP contribution in [0.3, 0.4) is 0 Å². The molecule has 2 rings (SSSR count). The van der Waals surface area contributed by atoms with Crippen molar-refractivity contribution in [2.24, 2.45) is 7.05 Å². The molecule has 0 spiro atoms. The minimum absolute atomic E-state index is 0. The highest BCUT2D eigenvalue weighted by molar-refractivity contribution is 9.10. The number of amides is 1. The van der Waals surface area contributed by atoms with Crippen molar-refractivity contribution in [2.75, 3.05) is 14.1 Å². The van der Waals surface area contributed by atoms with E-state index >= 15 is 0 Å². The number of carbonyl (C=O) groups is 1. The number of carbonyl (C=O) groups excluding carboxylic acids is 1. The predicted molar refractivity (Wildman–Crippen MR) is 92.8 cm³/mol. The molecule has 1 amide bonds. The number of hydrogen-bond acceptors (Lipinski definition) is 3. The van der Waals surface area contributed by atoms with E-state index in [4.69, 9.17) is 0 Å². The molecule has 1 aromatic carbocycles. The van der Waals surface area contributed by atoms with Gasteiger partial charge in [-0.25, -0.2) is 4.39 Å². The van der Waals surface area contributed by atoms with Crippen molar-refractivity contribution < 1.29 is 9.18 Å². The number of hydrogen-bond donors (Lipinski definition) is 1. The normalized spacial score (nSPS) is 11.7. The van der Waals surface area contributed by atoms with Gasteiger partial charge >= 0.3 is 0 Å². The molecule has 1 aromatic heterocycles. The molecule has 0 saturated heterocycles. The van der Waals surface area contributed by atoms with Gasteiger partial charge in [0, 0.05) is 42.4 Å². The van der Waals surface area contributed by atoms with Crippen LogP contribution in [-0.4, -0.2) is 34.7 Å². The van der Waals surface area contributed by atoms with E-state index in [0.29, 0.717) is 5.56 Å². The van der Waals surface area contributed by atoms with Crippen molar-refractivity contribution in [1.29, 1.82) is 0 Å². The fourth-order valence-corrected chi connectivity index (χ4v) is 2.65. The van der Waals surface area contributed by atoms with E-state index in [1.807, 2.05) is 0 Å². The van der Waals surface area contributed by atoms with Crippen molar-refractivity contribution in [3.05, 3.63) is 52.0 Å². The lowest BCUT2D eigenvalue weighted by atomic mass is 10.1. The van der Waals surface area contributed by atoms with Gasteiger partial charge in [-0.3, -0.25) is 9.48 Å². The van der Waals surface area contributed by atoms with Crippen LogP contribution in [0.15, 0.2) is 35.1 Å². The average molecular weight is 406 g/mol. The third-order valence-corrected chi connectivity index (χ3v) is 3.88. The zero-order valence-corrected chi connectivity index (χ0v) is 15.5. The van der Waals surface area contributed by atoms with Crippen LogP contribution in [-0.2, 0) is 18.4 Å². The van der Waals surface area contributed by atoms with Crippen LogP contribution in [0, 0.1) is 5.82 Å². The maximum absolute atomic E-state index is 13.8. The number of nitrogens with one attached hydrogen (secondary N) is 1. The van der Waals surface area contributed by atoms with Gasteiger partial charge in [0.1, 0.15) is 11.9 Å². The van der Waals surface area contributed by atoms with Gasteiger partial charge in [0.15, 0.2) is 0 Å². The molecule has 0 saturated carbocycles. The summed E-state index contributed by atoms with van der Waals surface area (Å²) in [7, 11) is 5.16. The molecule has 0 fully saturated rings. The van der Waals surface area contributed by atoms with Gasteiger partial charge in [0.05, 0.1) is 6.20 Å². The zero-order chi connectivity index (χ0) is 16.3.